The van der Waals surface area contributed by atoms with E-state index in [4.69, 9.17) is 0 Å². The number of amides is 1. The molecular weight excluding hydrogens is 358 g/mol. The van der Waals surface area contributed by atoms with Crippen LogP contribution in [0.15, 0.2) is 35.2 Å². The van der Waals surface area contributed by atoms with Crippen LogP contribution in [0.2, 0.25) is 0 Å². The number of carbonyl (C=O) groups excluding carboxylic acids is 1. The van der Waals surface area contributed by atoms with Crippen LogP contribution < -0.4 is 10.2 Å². The van der Waals surface area contributed by atoms with Crippen LogP contribution in [-0.4, -0.2) is 33.9 Å². The van der Waals surface area contributed by atoms with E-state index in [-0.39, 0.29) is 5.91 Å². The van der Waals surface area contributed by atoms with Crippen molar-refractivity contribution in [3.63, 3.8) is 0 Å². The second-order valence-electron chi connectivity index (χ2n) is 5.45. The molecule has 1 aliphatic heterocycles. The Morgan fingerprint density at radius 3 is 2.87 bits per heavy atom. The van der Waals surface area contributed by atoms with E-state index in [1.807, 2.05) is 6.07 Å². The lowest BCUT2D eigenvalue weighted by Gasteiger charge is -2.27. The summed E-state index contributed by atoms with van der Waals surface area (Å²) in [4.78, 5) is 27.2. The third-order valence-corrected chi connectivity index (χ3v) is 4.18. The minimum Gasteiger partial charge on any atom is -0.357 e. The average Bonchev–Trinajstić information content (AvgIpc) is 2.61. The van der Waals surface area contributed by atoms with Gasteiger partial charge in [-0.3, -0.25) is 9.78 Å². The first-order valence-corrected chi connectivity index (χ1v) is 8.47. The Labute approximate surface area is 143 Å². The van der Waals surface area contributed by atoms with Crippen LogP contribution in [0.1, 0.15) is 35.4 Å². The molecule has 1 N–H and O–H groups in total. The van der Waals surface area contributed by atoms with Crippen molar-refractivity contribution in [2.75, 3.05) is 18.0 Å². The summed E-state index contributed by atoms with van der Waals surface area (Å²) in [6.45, 7) is 2.37. The fourth-order valence-electron chi connectivity index (χ4n) is 2.57. The van der Waals surface area contributed by atoms with Gasteiger partial charge in [-0.1, -0.05) is 0 Å². The number of hydrogen-bond acceptors (Lipinski definition) is 5. The number of rotatable bonds is 4. The highest BCUT2D eigenvalue weighted by Gasteiger charge is 2.13. The largest absolute Gasteiger partial charge is 0.357 e. The van der Waals surface area contributed by atoms with Crippen molar-refractivity contribution < 1.29 is 4.79 Å². The van der Waals surface area contributed by atoms with Crippen molar-refractivity contribution >= 4 is 27.7 Å². The van der Waals surface area contributed by atoms with Gasteiger partial charge in [-0.05, 0) is 47.3 Å². The lowest BCUT2D eigenvalue weighted by Crippen LogP contribution is -2.31. The topological polar surface area (TPSA) is 71.0 Å². The minimum absolute atomic E-state index is 0.189. The van der Waals surface area contributed by atoms with Crippen LogP contribution in [0.3, 0.4) is 0 Å². The first-order chi connectivity index (χ1) is 11.2. The summed E-state index contributed by atoms with van der Waals surface area (Å²) >= 11 is 3.31. The molecule has 7 heteroatoms. The van der Waals surface area contributed by atoms with Gasteiger partial charge in [-0.25, -0.2) is 9.97 Å². The first kappa shape index (κ1) is 15.9. The van der Waals surface area contributed by atoms with Gasteiger partial charge < -0.3 is 10.2 Å². The third-order valence-electron chi connectivity index (χ3n) is 3.74. The van der Waals surface area contributed by atoms with Gasteiger partial charge >= 0.3 is 0 Å². The Balaban J connectivity index is 1.63. The van der Waals surface area contributed by atoms with E-state index < -0.39 is 0 Å². The van der Waals surface area contributed by atoms with Crippen molar-refractivity contribution in [2.45, 2.75) is 25.8 Å². The number of nitrogens with one attached hydrogen (secondary N) is 1. The zero-order chi connectivity index (χ0) is 16.1. The van der Waals surface area contributed by atoms with Crippen molar-refractivity contribution in [2.24, 2.45) is 0 Å². The van der Waals surface area contributed by atoms with E-state index >= 15 is 0 Å². The van der Waals surface area contributed by atoms with Crippen LogP contribution in [0.25, 0.3) is 0 Å². The maximum atomic E-state index is 12.1. The van der Waals surface area contributed by atoms with E-state index in [1.165, 1.54) is 25.5 Å². The van der Waals surface area contributed by atoms with E-state index in [0.717, 1.165) is 23.4 Å². The monoisotopic (exact) mass is 375 g/mol. The summed E-state index contributed by atoms with van der Waals surface area (Å²) in [6.07, 6.45) is 8.61. The molecule has 1 aliphatic rings. The fraction of sp³-hybridized carbons (Fsp3) is 0.375. The highest BCUT2D eigenvalue weighted by Crippen LogP contribution is 2.17. The van der Waals surface area contributed by atoms with Gasteiger partial charge in [0.2, 0.25) is 0 Å². The maximum Gasteiger partial charge on any atom is 0.253 e. The quantitative estimate of drug-likeness (QED) is 0.888. The molecule has 2 aromatic heterocycles. The molecule has 1 fully saturated rings. The minimum atomic E-state index is -0.189. The number of hydrogen-bond donors (Lipinski definition) is 1. The molecule has 1 amide bonds. The number of anilines is 1. The van der Waals surface area contributed by atoms with Crippen molar-refractivity contribution in [3.05, 3.63) is 46.6 Å². The van der Waals surface area contributed by atoms with E-state index in [0.29, 0.717) is 17.9 Å². The van der Waals surface area contributed by atoms with Crippen LogP contribution >= 0.6 is 15.9 Å². The highest BCUT2D eigenvalue weighted by molar-refractivity contribution is 9.10. The summed E-state index contributed by atoms with van der Waals surface area (Å²) < 4.78 is 0.772. The summed E-state index contributed by atoms with van der Waals surface area (Å²) in [5.74, 6) is 1.36. The van der Waals surface area contributed by atoms with Crippen molar-refractivity contribution in [1.82, 2.24) is 20.3 Å². The fourth-order valence-corrected chi connectivity index (χ4v) is 2.93. The smallest absolute Gasteiger partial charge is 0.253 e. The van der Waals surface area contributed by atoms with Crippen LogP contribution in [-0.2, 0) is 6.54 Å². The summed E-state index contributed by atoms with van der Waals surface area (Å²) in [5, 5.41) is 2.83. The second kappa shape index (κ2) is 7.50. The number of halogens is 1. The van der Waals surface area contributed by atoms with E-state index in [1.54, 1.807) is 18.5 Å². The molecule has 0 saturated carbocycles. The van der Waals surface area contributed by atoms with E-state index in [2.05, 4.69) is 41.1 Å². The van der Waals surface area contributed by atoms with Crippen LogP contribution in [0, 0.1) is 0 Å². The normalized spacial score (nSPS) is 14.6. The Morgan fingerprint density at radius 2 is 2.09 bits per heavy atom. The summed E-state index contributed by atoms with van der Waals surface area (Å²) in [5.41, 5.74) is 0.506. The predicted octanol–water partition coefficient (Wildman–Crippen LogP) is 2.55. The number of piperidine rings is 1. The van der Waals surface area contributed by atoms with Gasteiger partial charge in [-0.15, -0.1) is 0 Å². The number of carbonyl (C=O) groups is 1. The van der Waals surface area contributed by atoms with Crippen molar-refractivity contribution in [3.8, 4) is 0 Å². The molecule has 1 saturated heterocycles. The molecule has 0 bridgehead atoms. The van der Waals surface area contributed by atoms with Gasteiger partial charge in [0.1, 0.15) is 11.6 Å². The molecule has 0 unspecified atom stereocenters. The molecule has 0 aromatic carbocycles. The maximum absolute atomic E-state index is 12.1. The second-order valence-corrected chi connectivity index (χ2v) is 6.37. The molecule has 0 atom stereocenters. The molecular formula is C16H18BrN5O. The van der Waals surface area contributed by atoms with E-state index in [9.17, 15) is 4.79 Å². The lowest BCUT2D eigenvalue weighted by atomic mass is 10.1. The lowest BCUT2D eigenvalue weighted by molar-refractivity contribution is 0.0949. The van der Waals surface area contributed by atoms with Gasteiger partial charge in [0.25, 0.3) is 5.91 Å². The van der Waals surface area contributed by atoms with Crippen molar-refractivity contribution in [1.29, 1.82) is 0 Å². The third kappa shape index (κ3) is 4.25. The van der Waals surface area contributed by atoms with Gasteiger partial charge in [0.15, 0.2) is 0 Å². The molecule has 3 rings (SSSR count). The summed E-state index contributed by atoms with van der Waals surface area (Å²) in [7, 11) is 0. The molecule has 2 aromatic rings. The Kier molecular flexibility index (Phi) is 5.17. The Hall–Kier alpha value is -2.02. The molecule has 120 valence electrons. The molecule has 0 radical (unpaired) electrons. The average molecular weight is 376 g/mol. The molecule has 0 spiro atoms. The summed E-state index contributed by atoms with van der Waals surface area (Å²) in [6, 6.07) is 3.65. The molecule has 3 heterocycles. The predicted molar refractivity (Wildman–Crippen MR) is 91.2 cm³/mol. The first-order valence-electron chi connectivity index (χ1n) is 7.68. The van der Waals surface area contributed by atoms with Gasteiger partial charge in [-0.2, -0.15) is 0 Å². The van der Waals surface area contributed by atoms with Gasteiger partial charge in [0, 0.05) is 36.2 Å². The number of pyridine rings is 1. The number of aromatic nitrogens is 3. The standard InChI is InChI=1S/C16H18BrN5O/c17-13-8-12(9-18-10-13)16(23)20-11-14-19-5-4-15(21-14)22-6-2-1-3-7-22/h4-5,8-10H,1-3,6-7,11H2,(H,20,23). The molecule has 6 nitrogen and oxygen atoms in total. The molecule has 0 aliphatic carbocycles. The van der Waals surface area contributed by atoms with Gasteiger partial charge in [0.05, 0.1) is 12.1 Å². The number of nitrogens with zero attached hydrogens (tertiary/aromatic N) is 4. The Morgan fingerprint density at radius 1 is 1.26 bits per heavy atom. The van der Waals surface area contributed by atoms with Crippen LogP contribution in [0.5, 0.6) is 0 Å². The zero-order valence-electron chi connectivity index (χ0n) is 12.7. The molecule has 23 heavy (non-hydrogen) atoms. The SMILES string of the molecule is O=C(NCc1nccc(N2CCCCC2)n1)c1cncc(Br)c1. The van der Waals surface area contributed by atoms with Crippen LogP contribution in [0.4, 0.5) is 5.82 Å². The highest BCUT2D eigenvalue weighted by atomic mass is 79.9. The Bertz CT molecular complexity index is 688. The zero-order valence-corrected chi connectivity index (χ0v) is 14.3.